The minimum absolute atomic E-state index is 0.00963. The molecule has 0 aromatic carbocycles. The lowest BCUT2D eigenvalue weighted by Crippen LogP contribution is -2.60. The normalized spacial score (nSPS) is 24.4. The molecule has 5 aliphatic rings. The summed E-state index contributed by atoms with van der Waals surface area (Å²) in [6, 6.07) is -0.0995. The maximum Gasteiger partial charge on any atom is 0.373 e. The molecular formula is C68H133N7O19. The van der Waals surface area contributed by atoms with E-state index >= 15 is 0 Å². The minimum Gasteiger partial charge on any atom is -0.480 e. The number of esters is 2. The summed E-state index contributed by atoms with van der Waals surface area (Å²) in [5, 5.41) is 104. The highest BCUT2D eigenvalue weighted by Gasteiger charge is 2.56. The SMILES string of the molecule is CC(C)(C)N(O)C(C)(C)C.CC1(C)CC(OCC(=O)O)CC(C)(C)N1O.CC1(C)CC(OCC(O)CO)CC(C)(C)N1O.CC1(C)CCC(C)(C)N1O.CCC(C)(C)C(=O)OCC(O)COC(=O)C1CC(C)(C)N(O)C(C)(C)C1.O=C=O.[C-]#[N+]C1CC(C)(C)N(O)C1(C)C. The predicted octanol–water partition coefficient (Wildman–Crippen LogP) is 10.4. The predicted molar refractivity (Wildman–Crippen MR) is 355 cm³/mol. The molecule has 5 aliphatic heterocycles. The molecule has 5 fully saturated rings. The molecule has 5 saturated heterocycles. The zero-order valence-electron chi connectivity index (χ0n) is 63.3. The van der Waals surface area contributed by atoms with Gasteiger partial charge >= 0.3 is 24.1 Å². The van der Waals surface area contributed by atoms with E-state index in [1.54, 1.807) is 13.8 Å². The van der Waals surface area contributed by atoms with Crippen molar-refractivity contribution >= 4 is 24.1 Å². The average Bonchev–Trinajstić information content (AvgIpc) is 1.11. The van der Waals surface area contributed by atoms with Gasteiger partial charge in [-0.1, -0.05) is 6.92 Å². The van der Waals surface area contributed by atoms with Crippen molar-refractivity contribution in [2.24, 2.45) is 11.3 Å². The molecular weight excluding hydrogens is 1220 g/mol. The first kappa shape index (κ1) is 92.7. The molecule has 0 aliphatic carbocycles. The Bertz CT molecular complexity index is 2320. The average molecular weight is 1350 g/mol. The maximum absolute atomic E-state index is 12.4. The Morgan fingerprint density at radius 3 is 1.11 bits per heavy atom. The van der Waals surface area contributed by atoms with Gasteiger partial charge in [0.1, 0.15) is 37.6 Å². The lowest BCUT2D eigenvalue weighted by Gasteiger charge is -2.51. The summed E-state index contributed by atoms with van der Waals surface area (Å²) in [5.41, 5.74) is -4.26. The number of aliphatic hydroxyl groups excluding tert-OH is 3. The number of hydrogen-bond donors (Lipinski definition) is 10. The molecule has 554 valence electrons. The summed E-state index contributed by atoms with van der Waals surface area (Å²) in [6.45, 7) is 62.6. The van der Waals surface area contributed by atoms with Gasteiger partial charge in [0.25, 0.3) is 0 Å². The van der Waals surface area contributed by atoms with Crippen molar-refractivity contribution < 1.29 is 94.6 Å². The molecule has 0 spiro atoms. The lowest BCUT2D eigenvalue weighted by atomic mass is 9.75. The second-order valence-corrected chi connectivity index (χ2v) is 34.8. The Kier molecular flexibility index (Phi) is 35.1. The molecule has 3 atom stereocenters. The highest BCUT2D eigenvalue weighted by atomic mass is 16.6. The first-order valence-corrected chi connectivity index (χ1v) is 32.9. The van der Waals surface area contributed by atoms with Crippen LogP contribution in [-0.2, 0) is 42.9 Å². The topological polar surface area (TPSA) is 348 Å². The van der Waals surface area contributed by atoms with E-state index in [-0.39, 0.29) is 108 Å². The van der Waals surface area contributed by atoms with Gasteiger partial charge in [-0.2, -0.15) is 40.0 Å². The number of hydrogen-bond acceptors (Lipinski definition) is 24. The molecule has 0 radical (unpaired) electrons. The first-order chi connectivity index (χ1) is 41.8. The van der Waals surface area contributed by atoms with Crippen LogP contribution < -0.4 is 0 Å². The highest BCUT2D eigenvalue weighted by molar-refractivity contribution is 5.76. The van der Waals surface area contributed by atoms with Crippen molar-refractivity contribution in [2.45, 2.75) is 362 Å². The third kappa shape index (κ3) is 28.8. The van der Waals surface area contributed by atoms with E-state index in [9.17, 15) is 55.8 Å². The van der Waals surface area contributed by atoms with Crippen LogP contribution in [0, 0.1) is 17.9 Å². The number of aliphatic carboxylic acids is 1. The molecule has 0 amide bonds. The van der Waals surface area contributed by atoms with Crippen molar-refractivity contribution in [3.05, 3.63) is 11.4 Å². The molecule has 0 saturated carbocycles. The van der Waals surface area contributed by atoms with Crippen LogP contribution in [0.4, 0.5) is 0 Å². The molecule has 5 rings (SSSR count). The van der Waals surface area contributed by atoms with Crippen LogP contribution in [0.5, 0.6) is 0 Å². The number of aliphatic hydroxyl groups is 3. The number of carbonyl (C=O) groups excluding carboxylic acids is 4. The largest absolute Gasteiger partial charge is 0.480 e. The molecule has 0 aromatic heterocycles. The van der Waals surface area contributed by atoms with E-state index < -0.39 is 57.3 Å². The van der Waals surface area contributed by atoms with Gasteiger partial charge in [0.15, 0.2) is 0 Å². The third-order valence-corrected chi connectivity index (χ3v) is 18.2. The summed E-state index contributed by atoms with van der Waals surface area (Å²) in [6.07, 6.45) is 5.33. The molecule has 94 heavy (non-hydrogen) atoms. The fourth-order valence-electron chi connectivity index (χ4n) is 13.0. The summed E-state index contributed by atoms with van der Waals surface area (Å²) in [5.74, 6) is -2.11. The van der Waals surface area contributed by atoms with E-state index in [1.165, 1.54) is 30.4 Å². The van der Waals surface area contributed by atoms with Crippen molar-refractivity contribution in [2.75, 3.05) is 33.0 Å². The number of rotatable bonds is 14. The van der Waals surface area contributed by atoms with E-state index in [0.717, 1.165) is 19.3 Å². The Morgan fingerprint density at radius 1 is 0.532 bits per heavy atom. The summed E-state index contributed by atoms with van der Waals surface area (Å²) >= 11 is 0. The van der Waals surface area contributed by atoms with Crippen molar-refractivity contribution in [3.8, 4) is 0 Å². The number of nitrogens with zero attached hydrogens (tertiary/aromatic N) is 7. The van der Waals surface area contributed by atoms with E-state index in [0.29, 0.717) is 44.9 Å². The Labute approximate surface area is 564 Å². The van der Waals surface area contributed by atoms with Gasteiger partial charge < -0.3 is 75.5 Å². The zero-order valence-corrected chi connectivity index (χ0v) is 63.3. The second kappa shape index (κ2) is 35.6. The van der Waals surface area contributed by atoms with Gasteiger partial charge in [0, 0.05) is 67.3 Å². The summed E-state index contributed by atoms with van der Waals surface area (Å²) < 4.78 is 21.3. The van der Waals surface area contributed by atoms with Gasteiger partial charge in [-0.05, 0) is 252 Å². The maximum atomic E-state index is 12.4. The number of carboxylic acids is 1. The fourth-order valence-corrected chi connectivity index (χ4v) is 13.0. The molecule has 3 unspecified atom stereocenters. The highest BCUT2D eigenvalue weighted by Crippen LogP contribution is 2.44. The quantitative estimate of drug-likeness (QED) is 0.0439. The van der Waals surface area contributed by atoms with Gasteiger partial charge in [0.05, 0.1) is 36.8 Å². The van der Waals surface area contributed by atoms with Gasteiger partial charge in [-0.25, -0.2) is 11.4 Å². The van der Waals surface area contributed by atoms with Crippen LogP contribution in [0.25, 0.3) is 4.85 Å². The Morgan fingerprint density at radius 2 is 0.851 bits per heavy atom. The van der Waals surface area contributed by atoms with Crippen LogP contribution in [0.2, 0.25) is 0 Å². The molecule has 0 aromatic rings. The van der Waals surface area contributed by atoms with E-state index in [1.807, 2.05) is 159 Å². The molecule has 5 heterocycles. The smallest absolute Gasteiger partial charge is 0.373 e. The molecule has 26 heteroatoms. The molecule has 10 N–H and O–H groups in total. The fraction of sp³-hybridized carbons (Fsp3) is 0.926. The number of carboxylic acid groups (broad SMARTS) is 1. The van der Waals surface area contributed by atoms with E-state index in [2.05, 4.69) is 32.5 Å². The summed E-state index contributed by atoms with van der Waals surface area (Å²) in [7, 11) is 0. The van der Waals surface area contributed by atoms with Gasteiger partial charge in [-0.15, -0.1) is 0 Å². The van der Waals surface area contributed by atoms with Gasteiger partial charge in [-0.3, -0.25) is 9.59 Å². The molecule has 26 nitrogen and oxygen atoms in total. The van der Waals surface area contributed by atoms with Crippen LogP contribution in [0.3, 0.4) is 0 Å². The van der Waals surface area contributed by atoms with Gasteiger partial charge in [0.2, 0.25) is 6.04 Å². The minimum atomic E-state index is -1.06. The first-order valence-electron chi connectivity index (χ1n) is 32.9. The number of ether oxygens (including phenoxy) is 4. The van der Waals surface area contributed by atoms with Crippen LogP contribution in [0.15, 0.2) is 0 Å². The van der Waals surface area contributed by atoms with Crippen molar-refractivity contribution in [1.82, 2.24) is 30.4 Å². The summed E-state index contributed by atoms with van der Waals surface area (Å²) in [4.78, 5) is 54.5. The Balaban J connectivity index is 0. The van der Waals surface area contributed by atoms with Crippen molar-refractivity contribution in [1.29, 1.82) is 0 Å². The number of carbonyl (C=O) groups is 3. The van der Waals surface area contributed by atoms with Crippen molar-refractivity contribution in [3.63, 3.8) is 0 Å². The van der Waals surface area contributed by atoms with Crippen LogP contribution >= 0.6 is 0 Å². The zero-order chi connectivity index (χ0) is 75.0. The lowest BCUT2D eigenvalue weighted by molar-refractivity contribution is -0.262. The van der Waals surface area contributed by atoms with Crippen LogP contribution in [-0.4, -0.2) is 236 Å². The van der Waals surface area contributed by atoms with Crippen LogP contribution in [0.1, 0.15) is 265 Å². The number of piperidine rings is 3. The standard InChI is InChI=1S/C19H35NO6.C12H25NO4.C11H21NO4.C9H16N2O.C8H17NO.C8H19NO.CO2/c1-8-17(2,3)16(23)26-12-14(21)11-25-15(22)13-9-18(4,5)20(24)19(6,7)10-13;1-11(2)5-10(17-8-9(15)7-14)6-12(3,4)13(11)16;1-10(2)5-8(16-7-9(13)14)6-11(3,4)12(10)15;1-8(2)6-7(10-5)9(3,4)11(8)12;1-7(2)5-6-8(3,4)9(7)10;1-7(2,3)9(10)8(4,5)6;2-1-3/h13-14,21,24H,8-12H2,1-7H3;9-10,14-16H,5-8H2,1-4H3;8,15H,5-7H2,1-4H3,(H,13,14);7,12H,6H2,1-4H3;10H,5-6H2,1-4H3;10H,1-6H3;. The second-order valence-electron chi connectivity index (χ2n) is 34.8. The Hall–Kier alpha value is -3.40. The molecule has 0 bridgehead atoms. The number of hydroxylamine groups is 12. The third-order valence-electron chi connectivity index (χ3n) is 18.2. The van der Waals surface area contributed by atoms with E-state index in [4.69, 9.17) is 45.3 Å². The monoisotopic (exact) mass is 1350 g/mol.